The molecule has 19 heavy (non-hydrogen) atoms. The number of hydrogen-bond acceptors (Lipinski definition) is 4. The van der Waals surface area contributed by atoms with Crippen LogP contribution in [0.3, 0.4) is 0 Å². The van der Waals surface area contributed by atoms with Gasteiger partial charge in [-0.2, -0.15) is 4.31 Å². The van der Waals surface area contributed by atoms with E-state index < -0.39 is 10.0 Å². The minimum absolute atomic E-state index is 0.0979. The molecule has 0 aliphatic rings. The Kier molecular flexibility index (Phi) is 5.78. The van der Waals surface area contributed by atoms with Crippen LogP contribution < -0.4 is 5.32 Å². The first-order valence-electron chi connectivity index (χ1n) is 6.24. The van der Waals surface area contributed by atoms with Crippen molar-refractivity contribution >= 4 is 15.7 Å². The molecule has 0 aliphatic heterocycles. The summed E-state index contributed by atoms with van der Waals surface area (Å²) in [6.07, 6.45) is 0.0979. The third-order valence-electron chi connectivity index (χ3n) is 2.70. The highest BCUT2D eigenvalue weighted by atomic mass is 32.2. The first kappa shape index (κ1) is 15.9. The fraction of sp³-hybridized carbons (Fsp3) is 0.538. The fourth-order valence-electron chi connectivity index (χ4n) is 1.60. The monoisotopic (exact) mass is 286 g/mol. The number of nitrogens with one attached hydrogen (secondary N) is 1. The van der Waals surface area contributed by atoms with Crippen molar-refractivity contribution in [2.45, 2.75) is 24.8 Å². The average Bonchev–Trinajstić information content (AvgIpc) is 2.38. The van der Waals surface area contributed by atoms with Gasteiger partial charge in [0.05, 0.1) is 18.4 Å². The van der Waals surface area contributed by atoms with Gasteiger partial charge in [-0.1, -0.05) is 12.1 Å². The van der Waals surface area contributed by atoms with Crippen LogP contribution in [0.2, 0.25) is 0 Å². The summed E-state index contributed by atoms with van der Waals surface area (Å²) in [5, 5.41) is 2.89. The molecule has 0 aliphatic carbocycles. The topological polar surface area (TPSA) is 58.6 Å². The number of benzene rings is 1. The predicted octanol–water partition coefficient (Wildman–Crippen LogP) is 1.77. The molecule has 5 nitrogen and oxygen atoms in total. The minimum Gasteiger partial charge on any atom is -0.387 e. The smallest absolute Gasteiger partial charge is 0.244 e. The van der Waals surface area contributed by atoms with E-state index in [1.165, 1.54) is 4.31 Å². The van der Waals surface area contributed by atoms with Gasteiger partial charge in [0, 0.05) is 20.6 Å². The molecule has 0 saturated heterocycles. The molecule has 1 aromatic rings. The van der Waals surface area contributed by atoms with Gasteiger partial charge >= 0.3 is 0 Å². The van der Waals surface area contributed by atoms with Crippen LogP contribution in [0.4, 0.5) is 5.69 Å². The van der Waals surface area contributed by atoms with Gasteiger partial charge in [0.1, 0.15) is 4.90 Å². The van der Waals surface area contributed by atoms with E-state index in [0.717, 1.165) is 0 Å². The largest absolute Gasteiger partial charge is 0.387 e. The van der Waals surface area contributed by atoms with Crippen molar-refractivity contribution in [3.8, 4) is 0 Å². The number of para-hydroxylation sites is 1. The van der Waals surface area contributed by atoms with Crippen molar-refractivity contribution in [3.63, 3.8) is 0 Å². The number of rotatable bonds is 7. The Hall–Kier alpha value is -1.11. The van der Waals surface area contributed by atoms with Gasteiger partial charge in [-0.25, -0.2) is 8.42 Å². The molecule has 0 spiro atoms. The molecule has 0 unspecified atom stereocenters. The molecule has 1 N–H and O–H groups in total. The summed E-state index contributed by atoms with van der Waals surface area (Å²) in [4.78, 5) is 0.282. The summed E-state index contributed by atoms with van der Waals surface area (Å²) in [7, 11) is -0.223. The molecular formula is C13H22N2O3S. The highest BCUT2D eigenvalue weighted by molar-refractivity contribution is 7.89. The van der Waals surface area contributed by atoms with Crippen molar-refractivity contribution in [3.05, 3.63) is 24.3 Å². The lowest BCUT2D eigenvalue weighted by molar-refractivity contribution is 0.0737. The van der Waals surface area contributed by atoms with Crippen LogP contribution in [0.25, 0.3) is 0 Å². The van der Waals surface area contributed by atoms with Crippen LogP contribution >= 0.6 is 0 Å². The predicted molar refractivity (Wildman–Crippen MR) is 76.9 cm³/mol. The van der Waals surface area contributed by atoms with Crippen LogP contribution in [0.1, 0.15) is 13.8 Å². The van der Waals surface area contributed by atoms with Gasteiger partial charge < -0.3 is 10.1 Å². The summed E-state index contributed by atoms with van der Waals surface area (Å²) in [6.45, 7) is 4.56. The first-order valence-corrected chi connectivity index (χ1v) is 7.68. The second kappa shape index (κ2) is 6.88. The summed E-state index contributed by atoms with van der Waals surface area (Å²) >= 11 is 0. The van der Waals surface area contributed by atoms with E-state index in [1.807, 2.05) is 13.8 Å². The van der Waals surface area contributed by atoms with E-state index in [9.17, 15) is 8.42 Å². The molecule has 0 atom stereocenters. The zero-order chi connectivity index (χ0) is 14.5. The number of anilines is 1. The molecule has 0 aromatic heterocycles. The number of ether oxygens (including phenoxy) is 1. The normalized spacial score (nSPS) is 12.1. The van der Waals surface area contributed by atoms with E-state index in [-0.39, 0.29) is 11.0 Å². The highest BCUT2D eigenvalue weighted by Gasteiger charge is 2.23. The number of likely N-dealkylation sites (N-methyl/N-ethyl adjacent to an activating group) is 1. The van der Waals surface area contributed by atoms with Crippen molar-refractivity contribution in [1.82, 2.24) is 4.31 Å². The molecule has 0 radical (unpaired) electrons. The van der Waals surface area contributed by atoms with Crippen molar-refractivity contribution in [1.29, 1.82) is 0 Å². The maximum atomic E-state index is 12.4. The molecule has 108 valence electrons. The molecule has 0 fully saturated rings. The van der Waals surface area contributed by atoms with Crippen LogP contribution in [-0.4, -0.2) is 46.1 Å². The molecule has 1 rings (SSSR count). The Morgan fingerprint density at radius 2 is 1.95 bits per heavy atom. The van der Waals surface area contributed by atoms with Crippen LogP contribution in [0.15, 0.2) is 29.2 Å². The second-order valence-corrected chi connectivity index (χ2v) is 6.51. The van der Waals surface area contributed by atoms with E-state index in [4.69, 9.17) is 4.74 Å². The fourth-order valence-corrected chi connectivity index (χ4v) is 2.95. The Morgan fingerprint density at radius 3 is 2.53 bits per heavy atom. The number of nitrogens with zero attached hydrogens (tertiary/aromatic N) is 1. The van der Waals surface area contributed by atoms with Gasteiger partial charge in [-0.3, -0.25) is 0 Å². The summed E-state index contributed by atoms with van der Waals surface area (Å²) in [5.41, 5.74) is 0.596. The van der Waals surface area contributed by atoms with E-state index in [2.05, 4.69) is 5.32 Å². The molecule has 0 saturated carbocycles. The number of sulfonamides is 1. The molecule has 0 bridgehead atoms. The van der Waals surface area contributed by atoms with Gasteiger partial charge in [0.15, 0.2) is 0 Å². The Labute approximate surface area is 115 Å². The lowest BCUT2D eigenvalue weighted by atomic mass is 10.3. The third-order valence-corrected chi connectivity index (χ3v) is 4.62. The van der Waals surface area contributed by atoms with Crippen molar-refractivity contribution in [2.24, 2.45) is 0 Å². The lowest BCUT2D eigenvalue weighted by Crippen LogP contribution is -2.31. The maximum Gasteiger partial charge on any atom is 0.244 e. The number of hydrogen-bond donors (Lipinski definition) is 1. The second-order valence-electron chi connectivity index (χ2n) is 4.49. The Bertz CT molecular complexity index is 500. The molecule has 1 aromatic carbocycles. The van der Waals surface area contributed by atoms with Gasteiger partial charge in [0.25, 0.3) is 0 Å². The SMILES string of the molecule is CNc1ccccc1S(=O)(=O)N(C)CCOC(C)C. The molecule has 0 amide bonds. The van der Waals surface area contributed by atoms with Crippen molar-refractivity contribution < 1.29 is 13.2 Å². The van der Waals surface area contributed by atoms with Gasteiger partial charge in [-0.05, 0) is 26.0 Å². The summed E-state index contributed by atoms with van der Waals surface area (Å²) in [6, 6.07) is 6.85. The Balaban J connectivity index is 2.85. The molecule has 6 heteroatoms. The van der Waals surface area contributed by atoms with Gasteiger partial charge in [-0.15, -0.1) is 0 Å². The van der Waals surface area contributed by atoms with Crippen LogP contribution in [0.5, 0.6) is 0 Å². The zero-order valence-electron chi connectivity index (χ0n) is 11.9. The van der Waals surface area contributed by atoms with E-state index in [0.29, 0.717) is 18.8 Å². The summed E-state index contributed by atoms with van der Waals surface area (Å²) < 4.78 is 31.5. The average molecular weight is 286 g/mol. The quantitative estimate of drug-likeness (QED) is 0.830. The Morgan fingerprint density at radius 1 is 1.32 bits per heavy atom. The van der Waals surface area contributed by atoms with E-state index in [1.54, 1.807) is 38.4 Å². The maximum absolute atomic E-state index is 12.4. The lowest BCUT2D eigenvalue weighted by Gasteiger charge is -2.19. The van der Waals surface area contributed by atoms with E-state index >= 15 is 0 Å². The summed E-state index contributed by atoms with van der Waals surface area (Å²) in [5.74, 6) is 0. The van der Waals surface area contributed by atoms with Crippen LogP contribution in [-0.2, 0) is 14.8 Å². The molecule has 0 heterocycles. The minimum atomic E-state index is -3.49. The van der Waals surface area contributed by atoms with Crippen LogP contribution in [0, 0.1) is 0 Å². The molecular weight excluding hydrogens is 264 g/mol. The van der Waals surface area contributed by atoms with Crippen molar-refractivity contribution in [2.75, 3.05) is 32.6 Å². The first-order chi connectivity index (χ1) is 8.89. The highest BCUT2D eigenvalue weighted by Crippen LogP contribution is 2.22. The third kappa shape index (κ3) is 4.19. The standard InChI is InChI=1S/C13H22N2O3S/c1-11(2)18-10-9-15(4)19(16,17)13-8-6-5-7-12(13)14-3/h5-8,11,14H,9-10H2,1-4H3. The zero-order valence-corrected chi connectivity index (χ0v) is 12.7. The van der Waals surface area contributed by atoms with Gasteiger partial charge in [0.2, 0.25) is 10.0 Å².